The van der Waals surface area contributed by atoms with Gasteiger partial charge in [-0.15, -0.1) is 0 Å². The molecule has 1 fully saturated rings. The molecule has 1 unspecified atom stereocenters. The van der Waals surface area contributed by atoms with E-state index in [2.05, 4.69) is 18.2 Å². The molecule has 2 nitrogen and oxygen atoms in total. The van der Waals surface area contributed by atoms with Crippen molar-refractivity contribution in [3.05, 3.63) is 29.3 Å². The zero-order valence-electron chi connectivity index (χ0n) is 9.78. The van der Waals surface area contributed by atoms with Gasteiger partial charge in [0.15, 0.2) is 0 Å². The van der Waals surface area contributed by atoms with Crippen molar-refractivity contribution in [2.45, 2.75) is 37.6 Å². The van der Waals surface area contributed by atoms with Crippen molar-refractivity contribution in [1.29, 1.82) is 0 Å². The Kier molecular flexibility index (Phi) is 2.40. The molecule has 2 bridgehead atoms. The van der Waals surface area contributed by atoms with Crippen molar-refractivity contribution in [1.82, 2.24) is 0 Å². The van der Waals surface area contributed by atoms with Crippen molar-refractivity contribution < 1.29 is 4.74 Å². The smallest absolute Gasteiger partial charge is 0.119 e. The number of methoxy groups -OCH3 is 1. The number of rotatable bonds is 1. The average molecular weight is 217 g/mol. The van der Waals surface area contributed by atoms with Gasteiger partial charge in [-0.05, 0) is 54.4 Å². The molecule has 1 aromatic rings. The SMILES string of the molecule is COc1ccc2c(c1)[C@H]1CCCC(C2)[C@H]1N. The summed E-state index contributed by atoms with van der Waals surface area (Å²) in [6, 6.07) is 6.87. The Balaban J connectivity index is 2.05. The molecule has 0 amide bonds. The van der Waals surface area contributed by atoms with E-state index < -0.39 is 0 Å². The van der Waals surface area contributed by atoms with Gasteiger partial charge in [-0.3, -0.25) is 0 Å². The molecule has 1 saturated carbocycles. The normalized spacial score (nSPS) is 32.0. The van der Waals surface area contributed by atoms with Gasteiger partial charge in [0.25, 0.3) is 0 Å². The van der Waals surface area contributed by atoms with Crippen LogP contribution in [0.3, 0.4) is 0 Å². The van der Waals surface area contributed by atoms with E-state index in [-0.39, 0.29) is 0 Å². The minimum absolute atomic E-state index is 0.369. The van der Waals surface area contributed by atoms with E-state index in [9.17, 15) is 0 Å². The van der Waals surface area contributed by atoms with Crippen LogP contribution >= 0.6 is 0 Å². The maximum absolute atomic E-state index is 6.35. The Labute approximate surface area is 96.8 Å². The van der Waals surface area contributed by atoms with E-state index in [0.29, 0.717) is 17.9 Å². The molecule has 3 atom stereocenters. The molecule has 3 rings (SSSR count). The van der Waals surface area contributed by atoms with Crippen LogP contribution in [0, 0.1) is 5.92 Å². The molecule has 0 aromatic heterocycles. The van der Waals surface area contributed by atoms with Crippen LogP contribution in [0.1, 0.15) is 36.3 Å². The lowest BCUT2D eigenvalue weighted by Crippen LogP contribution is -2.43. The summed E-state index contributed by atoms with van der Waals surface area (Å²) in [6.45, 7) is 0. The summed E-state index contributed by atoms with van der Waals surface area (Å²) in [5, 5.41) is 0. The van der Waals surface area contributed by atoms with Gasteiger partial charge in [-0.25, -0.2) is 0 Å². The summed E-state index contributed by atoms with van der Waals surface area (Å²) in [4.78, 5) is 0. The largest absolute Gasteiger partial charge is 0.497 e. The molecule has 0 spiro atoms. The number of nitrogens with two attached hydrogens (primary N) is 1. The van der Waals surface area contributed by atoms with E-state index in [1.54, 1.807) is 7.11 Å². The summed E-state index contributed by atoms with van der Waals surface area (Å²) in [7, 11) is 1.73. The molecule has 0 saturated heterocycles. The molecule has 86 valence electrons. The van der Waals surface area contributed by atoms with Crippen LogP contribution in [-0.4, -0.2) is 13.2 Å². The van der Waals surface area contributed by atoms with Gasteiger partial charge < -0.3 is 10.5 Å². The standard InChI is InChI=1S/C14H19NO/c1-16-11-6-5-9-7-10-3-2-4-12(14(10)15)13(9)8-11/h5-6,8,10,12,14H,2-4,7,15H2,1H3/t10?,12-,14-/m1/s1. The lowest BCUT2D eigenvalue weighted by Gasteiger charge is -2.41. The predicted octanol–water partition coefficient (Wildman–Crippen LogP) is 2.46. The van der Waals surface area contributed by atoms with Gasteiger partial charge in [0.1, 0.15) is 5.75 Å². The summed E-state index contributed by atoms with van der Waals surface area (Å²) in [5.41, 5.74) is 9.29. The van der Waals surface area contributed by atoms with E-state index in [1.165, 1.54) is 30.4 Å². The molecule has 0 aliphatic heterocycles. The minimum Gasteiger partial charge on any atom is -0.497 e. The van der Waals surface area contributed by atoms with Crippen LogP contribution in [0.25, 0.3) is 0 Å². The number of benzene rings is 1. The molecule has 16 heavy (non-hydrogen) atoms. The van der Waals surface area contributed by atoms with Crippen molar-refractivity contribution >= 4 is 0 Å². The summed E-state index contributed by atoms with van der Waals surface area (Å²) < 4.78 is 5.31. The molecule has 2 N–H and O–H groups in total. The second kappa shape index (κ2) is 3.77. The highest BCUT2D eigenvalue weighted by molar-refractivity contribution is 5.41. The Hall–Kier alpha value is -1.02. The lowest BCUT2D eigenvalue weighted by atomic mass is 9.66. The number of ether oxygens (including phenoxy) is 1. The minimum atomic E-state index is 0.369. The summed E-state index contributed by atoms with van der Waals surface area (Å²) >= 11 is 0. The highest BCUT2D eigenvalue weighted by atomic mass is 16.5. The Morgan fingerprint density at radius 2 is 2.19 bits per heavy atom. The van der Waals surface area contributed by atoms with Crippen LogP contribution in [0.5, 0.6) is 5.75 Å². The van der Waals surface area contributed by atoms with Gasteiger partial charge in [0.2, 0.25) is 0 Å². The zero-order chi connectivity index (χ0) is 11.1. The lowest BCUT2D eigenvalue weighted by molar-refractivity contribution is 0.251. The fraction of sp³-hybridized carbons (Fsp3) is 0.571. The molecule has 0 radical (unpaired) electrons. The second-order valence-electron chi connectivity index (χ2n) is 5.14. The van der Waals surface area contributed by atoms with Gasteiger partial charge in [-0.1, -0.05) is 12.5 Å². The third-order valence-corrected chi connectivity index (χ3v) is 4.33. The van der Waals surface area contributed by atoms with Gasteiger partial charge in [0.05, 0.1) is 7.11 Å². The molecular weight excluding hydrogens is 198 g/mol. The summed E-state index contributed by atoms with van der Waals surface area (Å²) in [6.07, 6.45) is 5.05. The molecular formula is C14H19NO. The van der Waals surface area contributed by atoms with Crippen molar-refractivity contribution in [3.8, 4) is 5.75 Å². The van der Waals surface area contributed by atoms with Gasteiger partial charge >= 0.3 is 0 Å². The van der Waals surface area contributed by atoms with Crippen LogP contribution in [0.2, 0.25) is 0 Å². The monoisotopic (exact) mass is 217 g/mol. The predicted molar refractivity (Wildman–Crippen MR) is 64.8 cm³/mol. The molecule has 0 heterocycles. The first-order valence-corrected chi connectivity index (χ1v) is 6.22. The van der Waals surface area contributed by atoms with Crippen LogP contribution < -0.4 is 10.5 Å². The molecule has 2 aliphatic carbocycles. The number of fused-ring (bicyclic) bond motifs is 4. The number of hydrogen-bond acceptors (Lipinski definition) is 2. The van der Waals surface area contributed by atoms with Crippen LogP contribution in [0.4, 0.5) is 0 Å². The van der Waals surface area contributed by atoms with E-state index in [1.807, 2.05) is 0 Å². The molecule has 2 aliphatic rings. The fourth-order valence-electron chi connectivity index (χ4n) is 3.43. The average Bonchev–Trinajstić information content (AvgIpc) is 2.29. The quantitative estimate of drug-likeness (QED) is 0.784. The highest BCUT2D eigenvalue weighted by Crippen LogP contribution is 2.44. The van der Waals surface area contributed by atoms with E-state index in [0.717, 1.165) is 12.2 Å². The fourth-order valence-corrected chi connectivity index (χ4v) is 3.43. The van der Waals surface area contributed by atoms with Crippen molar-refractivity contribution in [3.63, 3.8) is 0 Å². The van der Waals surface area contributed by atoms with E-state index >= 15 is 0 Å². The Morgan fingerprint density at radius 3 is 3.00 bits per heavy atom. The van der Waals surface area contributed by atoms with Crippen LogP contribution in [-0.2, 0) is 6.42 Å². The molecule has 1 aromatic carbocycles. The highest BCUT2D eigenvalue weighted by Gasteiger charge is 2.37. The zero-order valence-corrected chi connectivity index (χ0v) is 9.78. The van der Waals surface area contributed by atoms with Crippen LogP contribution in [0.15, 0.2) is 18.2 Å². The third-order valence-electron chi connectivity index (χ3n) is 4.33. The van der Waals surface area contributed by atoms with E-state index in [4.69, 9.17) is 10.5 Å². The van der Waals surface area contributed by atoms with Crippen molar-refractivity contribution in [2.75, 3.05) is 7.11 Å². The Morgan fingerprint density at radius 1 is 1.31 bits per heavy atom. The Bertz CT molecular complexity index is 402. The number of hydrogen-bond donors (Lipinski definition) is 1. The maximum atomic E-state index is 6.35. The first kappa shape index (κ1) is 10.2. The topological polar surface area (TPSA) is 35.2 Å². The first-order valence-electron chi connectivity index (χ1n) is 6.22. The van der Waals surface area contributed by atoms with Gasteiger partial charge in [-0.2, -0.15) is 0 Å². The third kappa shape index (κ3) is 1.44. The summed E-state index contributed by atoms with van der Waals surface area (Å²) in [5.74, 6) is 2.24. The van der Waals surface area contributed by atoms with Gasteiger partial charge in [0, 0.05) is 6.04 Å². The van der Waals surface area contributed by atoms with Crippen molar-refractivity contribution in [2.24, 2.45) is 11.7 Å². The second-order valence-corrected chi connectivity index (χ2v) is 5.14. The maximum Gasteiger partial charge on any atom is 0.119 e. The first-order chi connectivity index (χ1) is 7.79. The molecule has 2 heteroatoms.